The molecule has 1 amide bonds. The van der Waals surface area contributed by atoms with Crippen molar-refractivity contribution in [3.63, 3.8) is 0 Å². The molecule has 2 aromatic rings. The number of aromatic amines is 1. The lowest BCUT2D eigenvalue weighted by molar-refractivity contribution is -0.140. The van der Waals surface area contributed by atoms with Crippen LogP contribution >= 0.6 is 0 Å². The standard InChI is InChI=1S/C12H12N2O4/c15-6-10(12(17)18)14-11(16)9-5-7-3-1-2-4-8(7)13-9/h1-5,10,13,15H,6H2,(H,14,16)(H,17,18)/t10-/m0/s1. The monoisotopic (exact) mass is 248 g/mol. The third-order valence-corrected chi connectivity index (χ3v) is 2.56. The van der Waals surface area contributed by atoms with Gasteiger partial charge in [-0.15, -0.1) is 0 Å². The predicted molar refractivity (Wildman–Crippen MR) is 64.3 cm³/mol. The average Bonchev–Trinajstić information content (AvgIpc) is 2.79. The van der Waals surface area contributed by atoms with Crippen molar-refractivity contribution in [2.75, 3.05) is 6.61 Å². The van der Waals surface area contributed by atoms with Gasteiger partial charge >= 0.3 is 5.97 Å². The minimum atomic E-state index is -1.30. The Morgan fingerprint density at radius 1 is 1.33 bits per heavy atom. The van der Waals surface area contributed by atoms with Gasteiger partial charge in [-0.1, -0.05) is 18.2 Å². The molecule has 0 saturated heterocycles. The number of carbonyl (C=O) groups is 2. The zero-order chi connectivity index (χ0) is 13.1. The van der Waals surface area contributed by atoms with Crippen molar-refractivity contribution in [2.45, 2.75) is 6.04 Å². The number of nitrogens with one attached hydrogen (secondary N) is 2. The Bertz CT molecular complexity index is 558. The van der Waals surface area contributed by atoms with Crippen LogP contribution in [0, 0.1) is 0 Å². The van der Waals surface area contributed by atoms with Gasteiger partial charge in [0.1, 0.15) is 5.69 Å². The quantitative estimate of drug-likeness (QED) is 0.626. The first kappa shape index (κ1) is 12.1. The van der Waals surface area contributed by atoms with Crippen LogP contribution in [-0.2, 0) is 4.79 Å². The Kier molecular flexibility index (Phi) is 3.29. The fourth-order valence-corrected chi connectivity index (χ4v) is 1.62. The second-order valence-electron chi connectivity index (χ2n) is 3.82. The number of aliphatic hydroxyl groups excluding tert-OH is 1. The van der Waals surface area contributed by atoms with Gasteiger partial charge in [-0.2, -0.15) is 0 Å². The van der Waals surface area contributed by atoms with Crippen molar-refractivity contribution in [3.8, 4) is 0 Å². The van der Waals surface area contributed by atoms with E-state index in [0.29, 0.717) is 0 Å². The average molecular weight is 248 g/mol. The number of carbonyl (C=O) groups excluding carboxylic acids is 1. The van der Waals surface area contributed by atoms with Crippen molar-refractivity contribution in [2.24, 2.45) is 0 Å². The third kappa shape index (κ3) is 2.33. The second-order valence-corrected chi connectivity index (χ2v) is 3.82. The molecule has 4 N–H and O–H groups in total. The van der Waals surface area contributed by atoms with Gasteiger partial charge in [-0.05, 0) is 12.1 Å². The van der Waals surface area contributed by atoms with E-state index >= 15 is 0 Å². The van der Waals surface area contributed by atoms with Gasteiger partial charge in [0.15, 0.2) is 6.04 Å². The number of benzene rings is 1. The highest BCUT2D eigenvalue weighted by molar-refractivity contribution is 5.99. The summed E-state index contributed by atoms with van der Waals surface area (Å²) < 4.78 is 0. The van der Waals surface area contributed by atoms with E-state index in [2.05, 4.69) is 10.3 Å². The van der Waals surface area contributed by atoms with E-state index in [1.165, 1.54) is 0 Å². The number of aliphatic hydroxyl groups is 1. The number of H-pyrrole nitrogens is 1. The highest BCUT2D eigenvalue weighted by atomic mass is 16.4. The maximum atomic E-state index is 11.8. The van der Waals surface area contributed by atoms with Gasteiger partial charge in [0.25, 0.3) is 5.91 Å². The number of rotatable bonds is 4. The zero-order valence-corrected chi connectivity index (χ0v) is 9.38. The van der Waals surface area contributed by atoms with E-state index in [9.17, 15) is 9.59 Å². The molecule has 1 atom stereocenters. The molecule has 1 aromatic carbocycles. The van der Waals surface area contributed by atoms with Crippen molar-refractivity contribution in [3.05, 3.63) is 36.0 Å². The number of fused-ring (bicyclic) bond motifs is 1. The summed E-state index contributed by atoms with van der Waals surface area (Å²) in [5.74, 6) is -1.84. The number of para-hydroxylation sites is 1. The summed E-state index contributed by atoms with van der Waals surface area (Å²) >= 11 is 0. The molecule has 94 valence electrons. The highest BCUT2D eigenvalue weighted by Crippen LogP contribution is 2.14. The summed E-state index contributed by atoms with van der Waals surface area (Å²) in [6, 6.07) is 7.64. The summed E-state index contributed by atoms with van der Waals surface area (Å²) in [5.41, 5.74) is 1.05. The Labute approximate surface area is 102 Å². The molecule has 0 saturated carbocycles. The highest BCUT2D eigenvalue weighted by Gasteiger charge is 2.20. The molecule has 1 heterocycles. The molecule has 0 spiro atoms. The van der Waals surface area contributed by atoms with Crippen molar-refractivity contribution >= 4 is 22.8 Å². The van der Waals surface area contributed by atoms with E-state index in [1.54, 1.807) is 6.07 Å². The van der Waals surface area contributed by atoms with Crippen LogP contribution in [0.1, 0.15) is 10.5 Å². The topological polar surface area (TPSA) is 102 Å². The molecule has 6 nitrogen and oxygen atoms in total. The van der Waals surface area contributed by atoms with Gasteiger partial charge in [0.2, 0.25) is 0 Å². The minimum absolute atomic E-state index is 0.260. The SMILES string of the molecule is O=C(N[C@@H](CO)C(=O)O)c1cc2ccccc2[nH]1. The number of hydrogen-bond donors (Lipinski definition) is 4. The van der Waals surface area contributed by atoms with Gasteiger partial charge in [-0.3, -0.25) is 4.79 Å². The number of carboxylic acids is 1. The molecule has 2 rings (SSSR count). The van der Waals surface area contributed by atoms with Gasteiger partial charge in [0.05, 0.1) is 6.61 Å². The van der Waals surface area contributed by atoms with Crippen LogP contribution in [0.15, 0.2) is 30.3 Å². The molecule has 0 aliphatic rings. The van der Waals surface area contributed by atoms with Crippen molar-refractivity contribution < 1.29 is 19.8 Å². The molecule has 0 unspecified atom stereocenters. The molecule has 0 aliphatic carbocycles. The molecule has 0 aliphatic heterocycles. The van der Waals surface area contributed by atoms with Gasteiger partial charge in [-0.25, -0.2) is 4.79 Å². The molecular formula is C12H12N2O4. The lowest BCUT2D eigenvalue weighted by atomic mass is 10.2. The summed E-state index contributed by atoms with van der Waals surface area (Å²) in [7, 11) is 0. The smallest absolute Gasteiger partial charge is 0.328 e. The minimum Gasteiger partial charge on any atom is -0.480 e. The molecule has 0 radical (unpaired) electrons. The van der Waals surface area contributed by atoms with E-state index in [1.807, 2.05) is 24.3 Å². The Morgan fingerprint density at radius 3 is 2.67 bits per heavy atom. The van der Waals surface area contributed by atoms with Crippen LogP contribution in [0.5, 0.6) is 0 Å². The van der Waals surface area contributed by atoms with E-state index in [4.69, 9.17) is 10.2 Å². The number of aromatic nitrogens is 1. The normalized spacial score (nSPS) is 12.3. The zero-order valence-electron chi connectivity index (χ0n) is 9.38. The Balaban J connectivity index is 2.20. The van der Waals surface area contributed by atoms with Crippen LogP contribution in [0.2, 0.25) is 0 Å². The second kappa shape index (κ2) is 4.89. The van der Waals surface area contributed by atoms with Crippen LogP contribution in [0.4, 0.5) is 0 Å². The number of aliphatic carboxylic acids is 1. The first-order chi connectivity index (χ1) is 8.61. The van der Waals surface area contributed by atoms with E-state index in [-0.39, 0.29) is 5.69 Å². The van der Waals surface area contributed by atoms with E-state index < -0.39 is 24.5 Å². The fraction of sp³-hybridized carbons (Fsp3) is 0.167. The van der Waals surface area contributed by atoms with Gasteiger partial charge < -0.3 is 20.5 Å². The Morgan fingerprint density at radius 2 is 2.06 bits per heavy atom. The number of amides is 1. The molecule has 18 heavy (non-hydrogen) atoms. The Hall–Kier alpha value is -2.34. The molecule has 0 bridgehead atoms. The largest absolute Gasteiger partial charge is 0.480 e. The van der Waals surface area contributed by atoms with Crippen molar-refractivity contribution in [1.82, 2.24) is 10.3 Å². The van der Waals surface area contributed by atoms with Crippen LogP contribution in [0.25, 0.3) is 10.9 Å². The van der Waals surface area contributed by atoms with Gasteiger partial charge in [0, 0.05) is 10.9 Å². The number of carboxylic acid groups (broad SMARTS) is 1. The molecule has 6 heteroatoms. The molecular weight excluding hydrogens is 236 g/mol. The maximum absolute atomic E-state index is 11.8. The first-order valence-corrected chi connectivity index (χ1v) is 5.34. The van der Waals surface area contributed by atoms with Crippen LogP contribution < -0.4 is 5.32 Å². The summed E-state index contributed by atoms with van der Waals surface area (Å²) in [6.07, 6.45) is 0. The maximum Gasteiger partial charge on any atom is 0.328 e. The first-order valence-electron chi connectivity index (χ1n) is 5.34. The lowest BCUT2D eigenvalue weighted by Gasteiger charge is -2.10. The lowest BCUT2D eigenvalue weighted by Crippen LogP contribution is -2.43. The van der Waals surface area contributed by atoms with Crippen LogP contribution in [0.3, 0.4) is 0 Å². The predicted octanol–water partition coefficient (Wildman–Crippen LogP) is 0.343. The number of hydrogen-bond acceptors (Lipinski definition) is 3. The van der Waals surface area contributed by atoms with Crippen molar-refractivity contribution in [1.29, 1.82) is 0 Å². The fourth-order valence-electron chi connectivity index (χ4n) is 1.62. The third-order valence-electron chi connectivity index (χ3n) is 2.56. The molecule has 1 aromatic heterocycles. The van der Waals surface area contributed by atoms with Crippen LogP contribution in [-0.4, -0.2) is 39.7 Å². The summed E-state index contributed by atoms with van der Waals surface area (Å²) in [5, 5.41) is 20.6. The van der Waals surface area contributed by atoms with E-state index in [0.717, 1.165) is 10.9 Å². The summed E-state index contributed by atoms with van der Waals surface area (Å²) in [4.78, 5) is 25.3. The molecule has 0 fully saturated rings. The summed E-state index contributed by atoms with van der Waals surface area (Å²) in [6.45, 7) is -0.651.